The van der Waals surface area contributed by atoms with Crippen LogP contribution >= 0.6 is 34.5 Å². The summed E-state index contributed by atoms with van der Waals surface area (Å²) in [6, 6.07) is 5.75. The van der Waals surface area contributed by atoms with Crippen molar-refractivity contribution >= 4 is 56.3 Å². The highest BCUT2D eigenvalue weighted by Crippen LogP contribution is 2.32. The monoisotopic (exact) mass is 417 g/mol. The van der Waals surface area contributed by atoms with Gasteiger partial charge in [0.2, 0.25) is 0 Å². The second-order valence-electron chi connectivity index (χ2n) is 5.63. The number of aromatic nitrogens is 4. The Hall–Kier alpha value is -2.48. The zero-order valence-corrected chi connectivity index (χ0v) is 16.4. The number of pyridine rings is 1. The minimum atomic E-state index is 0.438. The fourth-order valence-electron chi connectivity index (χ4n) is 2.70. The number of hydrogen-bond donors (Lipinski definition) is 1. The van der Waals surface area contributed by atoms with E-state index in [9.17, 15) is 0 Å². The lowest BCUT2D eigenvalue weighted by Gasteiger charge is -2.12. The van der Waals surface area contributed by atoms with Crippen LogP contribution in [-0.4, -0.2) is 27.3 Å². The molecule has 0 amide bonds. The van der Waals surface area contributed by atoms with Crippen molar-refractivity contribution in [3.63, 3.8) is 0 Å². The van der Waals surface area contributed by atoms with Crippen LogP contribution in [0.3, 0.4) is 0 Å². The first-order valence-electron chi connectivity index (χ1n) is 7.93. The highest BCUT2D eigenvalue weighted by atomic mass is 35.5. The molecule has 4 rings (SSSR count). The summed E-state index contributed by atoms with van der Waals surface area (Å²) in [6.07, 6.45) is 5.30. The van der Waals surface area contributed by atoms with Crippen LogP contribution < -0.4 is 10.1 Å². The standard InChI is InChI=1S/C18H13Cl2N5OS/c1-26-10-2-3-11-12(6-10)17(23-18-22-4-5-27-18)25-24-16(11)7-13-14(19)8-21-9-15(13)20/h2-6,8-9H,7H2,1H3,(H,22,23,25). The van der Waals surface area contributed by atoms with Crippen LogP contribution in [0.4, 0.5) is 10.9 Å². The fraction of sp³-hybridized carbons (Fsp3) is 0.111. The van der Waals surface area contributed by atoms with Gasteiger partial charge >= 0.3 is 0 Å². The van der Waals surface area contributed by atoms with Gasteiger partial charge in [-0.1, -0.05) is 23.2 Å². The Bertz CT molecular complexity index is 1080. The molecule has 0 bridgehead atoms. The maximum Gasteiger partial charge on any atom is 0.188 e. The third-order valence-electron chi connectivity index (χ3n) is 4.02. The summed E-state index contributed by atoms with van der Waals surface area (Å²) in [5, 5.41) is 17.4. The number of nitrogens with one attached hydrogen (secondary N) is 1. The predicted octanol–water partition coefficient (Wildman–Crippen LogP) is 5.13. The van der Waals surface area contributed by atoms with E-state index < -0.39 is 0 Å². The molecular weight excluding hydrogens is 405 g/mol. The predicted molar refractivity (Wildman–Crippen MR) is 109 cm³/mol. The van der Waals surface area contributed by atoms with Crippen molar-refractivity contribution in [1.82, 2.24) is 20.2 Å². The first-order valence-corrected chi connectivity index (χ1v) is 9.57. The Morgan fingerprint density at radius 3 is 2.63 bits per heavy atom. The van der Waals surface area contributed by atoms with Gasteiger partial charge < -0.3 is 10.1 Å². The van der Waals surface area contributed by atoms with E-state index >= 15 is 0 Å². The van der Waals surface area contributed by atoms with Crippen molar-refractivity contribution in [3.8, 4) is 5.75 Å². The number of rotatable bonds is 5. The zero-order valence-electron chi connectivity index (χ0n) is 14.1. The molecule has 0 aliphatic rings. The van der Waals surface area contributed by atoms with Gasteiger partial charge in [-0.3, -0.25) is 4.98 Å². The van der Waals surface area contributed by atoms with E-state index in [0.29, 0.717) is 22.3 Å². The van der Waals surface area contributed by atoms with Gasteiger partial charge in [0, 0.05) is 41.2 Å². The third-order valence-corrected chi connectivity index (χ3v) is 5.36. The molecule has 0 atom stereocenters. The lowest BCUT2D eigenvalue weighted by molar-refractivity contribution is 0.415. The van der Waals surface area contributed by atoms with Gasteiger partial charge in [-0.05, 0) is 23.8 Å². The van der Waals surface area contributed by atoms with Gasteiger partial charge in [0.1, 0.15) is 5.75 Å². The van der Waals surface area contributed by atoms with Crippen LogP contribution in [0.5, 0.6) is 5.75 Å². The molecule has 27 heavy (non-hydrogen) atoms. The second-order valence-corrected chi connectivity index (χ2v) is 7.34. The van der Waals surface area contributed by atoms with Crippen LogP contribution in [0.1, 0.15) is 11.3 Å². The maximum atomic E-state index is 6.27. The van der Waals surface area contributed by atoms with E-state index in [1.807, 2.05) is 23.6 Å². The van der Waals surface area contributed by atoms with E-state index in [0.717, 1.165) is 32.9 Å². The number of halogens is 2. The molecule has 136 valence electrons. The van der Waals surface area contributed by atoms with E-state index in [2.05, 4.69) is 25.5 Å². The Labute approximate surface area is 169 Å². The van der Waals surface area contributed by atoms with Crippen LogP contribution in [-0.2, 0) is 6.42 Å². The number of nitrogens with zero attached hydrogens (tertiary/aromatic N) is 4. The second kappa shape index (κ2) is 7.64. The topological polar surface area (TPSA) is 72.8 Å². The lowest BCUT2D eigenvalue weighted by atomic mass is 10.0. The highest BCUT2D eigenvalue weighted by molar-refractivity contribution is 7.13. The molecule has 1 aromatic carbocycles. The van der Waals surface area contributed by atoms with Crippen LogP contribution in [0.15, 0.2) is 42.2 Å². The molecule has 1 N–H and O–H groups in total. The highest BCUT2D eigenvalue weighted by Gasteiger charge is 2.15. The number of ether oxygens (including phenoxy) is 1. The molecular formula is C18H13Cl2N5OS. The minimum absolute atomic E-state index is 0.438. The van der Waals surface area contributed by atoms with E-state index in [4.69, 9.17) is 27.9 Å². The van der Waals surface area contributed by atoms with Crippen molar-refractivity contribution in [2.45, 2.75) is 6.42 Å². The quantitative estimate of drug-likeness (QED) is 0.484. The average Bonchev–Trinajstić information content (AvgIpc) is 3.19. The Morgan fingerprint density at radius 2 is 1.93 bits per heavy atom. The third kappa shape index (κ3) is 3.66. The SMILES string of the molecule is COc1ccc2c(Cc3c(Cl)cncc3Cl)nnc(Nc3nccs3)c2c1. The smallest absolute Gasteiger partial charge is 0.188 e. The Morgan fingerprint density at radius 1 is 1.11 bits per heavy atom. The minimum Gasteiger partial charge on any atom is -0.497 e. The summed E-state index contributed by atoms with van der Waals surface area (Å²) in [7, 11) is 1.63. The van der Waals surface area contributed by atoms with E-state index in [-0.39, 0.29) is 0 Å². The number of fused-ring (bicyclic) bond motifs is 1. The summed E-state index contributed by atoms with van der Waals surface area (Å²) in [5.74, 6) is 1.33. The molecule has 0 radical (unpaired) electrons. The molecule has 0 saturated heterocycles. The molecule has 0 spiro atoms. The molecule has 9 heteroatoms. The largest absolute Gasteiger partial charge is 0.497 e. The Balaban J connectivity index is 1.82. The number of hydrogen-bond acceptors (Lipinski definition) is 7. The molecule has 3 aromatic heterocycles. The lowest BCUT2D eigenvalue weighted by Crippen LogP contribution is -2.03. The normalized spacial score (nSPS) is 10.9. The summed E-state index contributed by atoms with van der Waals surface area (Å²) in [6.45, 7) is 0. The molecule has 4 aromatic rings. The molecule has 6 nitrogen and oxygen atoms in total. The molecule has 0 aliphatic carbocycles. The Kier molecular flexibility index (Phi) is 5.07. The maximum absolute atomic E-state index is 6.27. The van der Waals surface area contributed by atoms with Crippen LogP contribution in [0.2, 0.25) is 10.0 Å². The first-order chi connectivity index (χ1) is 13.2. The summed E-state index contributed by atoms with van der Waals surface area (Å²) < 4.78 is 5.37. The van der Waals surface area contributed by atoms with Crippen molar-refractivity contribution < 1.29 is 4.74 Å². The molecule has 0 fully saturated rings. The number of methoxy groups -OCH3 is 1. The van der Waals surface area contributed by atoms with Crippen LogP contribution in [0.25, 0.3) is 10.8 Å². The molecule has 0 aliphatic heterocycles. The summed E-state index contributed by atoms with van der Waals surface area (Å²) >= 11 is 14.0. The van der Waals surface area contributed by atoms with Crippen molar-refractivity contribution in [3.05, 3.63) is 63.5 Å². The number of anilines is 2. The van der Waals surface area contributed by atoms with Gasteiger partial charge in [0.25, 0.3) is 0 Å². The van der Waals surface area contributed by atoms with Gasteiger partial charge in [0.05, 0.1) is 22.8 Å². The summed E-state index contributed by atoms with van der Waals surface area (Å²) in [5.41, 5.74) is 1.52. The van der Waals surface area contributed by atoms with Crippen LogP contribution in [0, 0.1) is 0 Å². The number of benzene rings is 1. The van der Waals surface area contributed by atoms with Crippen molar-refractivity contribution in [1.29, 1.82) is 0 Å². The summed E-state index contributed by atoms with van der Waals surface area (Å²) in [4.78, 5) is 8.24. The van der Waals surface area contributed by atoms with Gasteiger partial charge in [-0.25, -0.2) is 4.98 Å². The van der Waals surface area contributed by atoms with E-state index in [1.54, 1.807) is 25.7 Å². The number of thiazole rings is 1. The first kappa shape index (κ1) is 17.9. The van der Waals surface area contributed by atoms with Gasteiger partial charge in [-0.15, -0.1) is 16.4 Å². The molecule has 3 heterocycles. The fourth-order valence-corrected chi connectivity index (χ4v) is 3.73. The zero-order chi connectivity index (χ0) is 18.8. The van der Waals surface area contributed by atoms with Crippen molar-refractivity contribution in [2.24, 2.45) is 0 Å². The average molecular weight is 418 g/mol. The van der Waals surface area contributed by atoms with E-state index in [1.165, 1.54) is 11.3 Å². The molecule has 0 unspecified atom stereocenters. The van der Waals surface area contributed by atoms with Crippen molar-refractivity contribution in [2.75, 3.05) is 12.4 Å². The van der Waals surface area contributed by atoms with Gasteiger partial charge in [0.15, 0.2) is 10.9 Å². The molecule has 0 saturated carbocycles. The van der Waals surface area contributed by atoms with Gasteiger partial charge in [-0.2, -0.15) is 5.10 Å².